The van der Waals surface area contributed by atoms with Gasteiger partial charge in [0, 0.05) is 24.6 Å². The van der Waals surface area contributed by atoms with Gasteiger partial charge in [0.25, 0.3) is 15.7 Å². The minimum atomic E-state index is -3.80. The Hall–Kier alpha value is -2.45. The largest absolute Gasteiger partial charge is 0.306 e. The molecular weight excluding hydrogens is 366 g/mol. The molecule has 2 aromatic carbocycles. The van der Waals surface area contributed by atoms with Crippen LogP contribution in [0.25, 0.3) is 0 Å². The molecular formula is C19H21N3O4S. The fourth-order valence-electron chi connectivity index (χ4n) is 4.20. The van der Waals surface area contributed by atoms with Crippen LogP contribution >= 0.6 is 0 Å². The zero-order valence-corrected chi connectivity index (χ0v) is 16.0. The third-order valence-corrected chi connectivity index (χ3v) is 7.36. The van der Waals surface area contributed by atoms with Gasteiger partial charge in [-0.1, -0.05) is 17.7 Å². The predicted octanol–water partition coefficient (Wildman–Crippen LogP) is 2.90. The number of nitro benzene ring substituents is 1. The normalized spacial score (nSPS) is 22.4. The molecule has 0 aliphatic carbocycles. The first-order valence-corrected chi connectivity index (χ1v) is 10.3. The fourth-order valence-corrected chi connectivity index (χ4v) is 5.94. The Morgan fingerprint density at radius 3 is 2.52 bits per heavy atom. The minimum Gasteiger partial charge on any atom is -0.306 e. The Morgan fingerprint density at radius 1 is 1.15 bits per heavy atom. The SMILES string of the molecule is Cc1ccc2c(c1)[C@@H]1CN(C)CC[C@H]1N2S(=O)(=O)c1ccc([N+](=O)[O-])cc1. The highest BCUT2D eigenvalue weighted by Crippen LogP contribution is 2.47. The molecule has 8 heteroatoms. The Labute approximate surface area is 158 Å². The smallest absolute Gasteiger partial charge is 0.269 e. The Bertz CT molecular complexity index is 1000. The zero-order chi connectivity index (χ0) is 19.3. The van der Waals surface area contributed by atoms with Gasteiger partial charge in [-0.3, -0.25) is 14.4 Å². The van der Waals surface area contributed by atoms with Crippen molar-refractivity contribution in [2.45, 2.75) is 30.2 Å². The van der Waals surface area contributed by atoms with E-state index >= 15 is 0 Å². The van der Waals surface area contributed by atoms with Crippen molar-refractivity contribution in [2.24, 2.45) is 0 Å². The molecule has 1 saturated heterocycles. The van der Waals surface area contributed by atoms with Crippen LogP contribution in [0, 0.1) is 17.0 Å². The number of non-ortho nitro benzene ring substituents is 1. The summed E-state index contributed by atoms with van der Waals surface area (Å²) < 4.78 is 28.4. The maximum Gasteiger partial charge on any atom is 0.269 e. The van der Waals surface area contributed by atoms with Crippen molar-refractivity contribution < 1.29 is 13.3 Å². The van der Waals surface area contributed by atoms with Crippen molar-refractivity contribution in [2.75, 3.05) is 24.4 Å². The molecule has 2 heterocycles. The molecule has 0 amide bonds. The van der Waals surface area contributed by atoms with Crippen molar-refractivity contribution in [3.05, 3.63) is 63.7 Å². The number of rotatable bonds is 3. The summed E-state index contributed by atoms with van der Waals surface area (Å²) in [6.07, 6.45) is 0.751. The average molecular weight is 387 g/mol. The molecule has 4 rings (SSSR count). The van der Waals surface area contributed by atoms with E-state index < -0.39 is 14.9 Å². The van der Waals surface area contributed by atoms with Gasteiger partial charge in [-0.15, -0.1) is 0 Å². The van der Waals surface area contributed by atoms with Crippen molar-refractivity contribution >= 4 is 21.4 Å². The second-order valence-corrected chi connectivity index (χ2v) is 9.15. The number of hydrogen-bond donors (Lipinski definition) is 0. The maximum atomic E-state index is 13.4. The number of sulfonamides is 1. The topological polar surface area (TPSA) is 83.8 Å². The molecule has 2 aliphatic heterocycles. The van der Waals surface area contributed by atoms with Gasteiger partial charge in [0.2, 0.25) is 0 Å². The van der Waals surface area contributed by atoms with Crippen LogP contribution in [0.3, 0.4) is 0 Å². The molecule has 142 valence electrons. The number of nitrogens with zero attached hydrogens (tertiary/aromatic N) is 3. The number of hydrogen-bond acceptors (Lipinski definition) is 5. The van der Waals surface area contributed by atoms with Gasteiger partial charge in [-0.25, -0.2) is 8.42 Å². The zero-order valence-electron chi connectivity index (χ0n) is 15.2. The predicted molar refractivity (Wildman–Crippen MR) is 103 cm³/mol. The molecule has 0 N–H and O–H groups in total. The third-order valence-electron chi connectivity index (χ3n) is 5.50. The highest BCUT2D eigenvalue weighted by atomic mass is 32.2. The molecule has 0 saturated carbocycles. The number of benzene rings is 2. The summed E-state index contributed by atoms with van der Waals surface area (Å²) in [5, 5.41) is 10.9. The van der Waals surface area contributed by atoms with Crippen molar-refractivity contribution in [3.63, 3.8) is 0 Å². The maximum absolute atomic E-state index is 13.4. The molecule has 1 fully saturated rings. The number of aryl methyl sites for hydroxylation is 1. The molecule has 0 aromatic heterocycles. The second kappa shape index (κ2) is 6.31. The van der Waals surface area contributed by atoms with Gasteiger partial charge >= 0.3 is 0 Å². The minimum absolute atomic E-state index is 0.0826. The van der Waals surface area contributed by atoms with E-state index in [0.29, 0.717) is 0 Å². The van der Waals surface area contributed by atoms with Gasteiger partial charge in [-0.05, 0) is 50.7 Å². The first-order chi connectivity index (χ1) is 12.8. The number of piperidine rings is 1. The Morgan fingerprint density at radius 2 is 1.85 bits per heavy atom. The molecule has 2 atom stereocenters. The van der Waals surface area contributed by atoms with E-state index in [-0.39, 0.29) is 22.5 Å². The van der Waals surface area contributed by atoms with Crippen LogP contribution in [-0.2, 0) is 10.0 Å². The lowest BCUT2D eigenvalue weighted by atomic mass is 9.89. The van der Waals surface area contributed by atoms with E-state index in [0.717, 1.165) is 36.3 Å². The van der Waals surface area contributed by atoms with Crippen molar-refractivity contribution in [1.82, 2.24) is 4.90 Å². The van der Waals surface area contributed by atoms with Gasteiger partial charge in [0.1, 0.15) is 0 Å². The van der Waals surface area contributed by atoms with Crippen molar-refractivity contribution in [1.29, 1.82) is 0 Å². The number of fused-ring (bicyclic) bond motifs is 3. The first-order valence-electron chi connectivity index (χ1n) is 8.87. The molecule has 0 unspecified atom stereocenters. The van der Waals surface area contributed by atoms with Crippen LogP contribution in [-0.4, -0.2) is 44.4 Å². The summed E-state index contributed by atoms with van der Waals surface area (Å²) in [7, 11) is -1.75. The van der Waals surface area contributed by atoms with Gasteiger partial charge in [-0.2, -0.15) is 0 Å². The molecule has 2 aromatic rings. The lowest BCUT2D eigenvalue weighted by Gasteiger charge is -2.36. The van der Waals surface area contributed by atoms with Crippen LogP contribution in [0.2, 0.25) is 0 Å². The molecule has 0 bridgehead atoms. The monoisotopic (exact) mass is 387 g/mol. The molecule has 7 nitrogen and oxygen atoms in total. The van der Waals surface area contributed by atoms with Crippen LogP contribution < -0.4 is 4.31 Å². The van der Waals surface area contributed by atoms with Gasteiger partial charge in [0.15, 0.2) is 0 Å². The number of anilines is 1. The standard InChI is InChI=1S/C19H21N3O4S/c1-13-3-8-18-16(11-13)17-12-20(2)10-9-19(17)21(18)27(25,26)15-6-4-14(5-7-15)22(23)24/h3-8,11,17,19H,9-10,12H2,1-2H3/t17-,19+/m0/s1. The highest BCUT2D eigenvalue weighted by Gasteiger charge is 2.46. The summed E-state index contributed by atoms with van der Waals surface area (Å²) in [5.41, 5.74) is 2.78. The summed E-state index contributed by atoms with van der Waals surface area (Å²) in [6.45, 7) is 3.66. The van der Waals surface area contributed by atoms with E-state index in [2.05, 4.69) is 18.0 Å². The molecule has 0 spiro atoms. The van der Waals surface area contributed by atoms with E-state index in [9.17, 15) is 18.5 Å². The van der Waals surface area contributed by atoms with E-state index in [1.54, 1.807) is 4.31 Å². The lowest BCUT2D eigenvalue weighted by molar-refractivity contribution is -0.384. The van der Waals surface area contributed by atoms with Crippen LogP contribution in [0.1, 0.15) is 23.5 Å². The fraction of sp³-hybridized carbons (Fsp3) is 0.368. The second-order valence-electron chi connectivity index (χ2n) is 7.34. The van der Waals surface area contributed by atoms with Gasteiger partial charge in [0.05, 0.1) is 21.5 Å². The summed E-state index contributed by atoms with van der Waals surface area (Å²) in [5.74, 6) is 0.131. The molecule has 27 heavy (non-hydrogen) atoms. The van der Waals surface area contributed by atoms with E-state index in [1.807, 2.05) is 19.1 Å². The summed E-state index contributed by atoms with van der Waals surface area (Å²) in [6, 6.07) is 10.9. The Kier molecular flexibility index (Phi) is 4.20. The lowest BCUT2D eigenvalue weighted by Crippen LogP contribution is -2.47. The van der Waals surface area contributed by atoms with Crippen LogP contribution in [0.15, 0.2) is 47.4 Å². The van der Waals surface area contributed by atoms with E-state index in [1.165, 1.54) is 24.3 Å². The van der Waals surface area contributed by atoms with Gasteiger partial charge < -0.3 is 4.90 Å². The number of nitro groups is 1. The number of likely N-dealkylation sites (N-methyl/N-ethyl adjacent to an activating group) is 1. The Balaban J connectivity index is 1.81. The molecule has 0 radical (unpaired) electrons. The summed E-state index contributed by atoms with van der Waals surface area (Å²) in [4.78, 5) is 12.7. The highest BCUT2D eigenvalue weighted by molar-refractivity contribution is 7.92. The van der Waals surface area contributed by atoms with E-state index in [4.69, 9.17) is 0 Å². The van der Waals surface area contributed by atoms with Crippen LogP contribution in [0.4, 0.5) is 11.4 Å². The molecule has 2 aliphatic rings. The quantitative estimate of drug-likeness (QED) is 0.597. The number of likely N-dealkylation sites (tertiary alicyclic amines) is 1. The summed E-state index contributed by atoms with van der Waals surface area (Å²) >= 11 is 0. The first kappa shape index (κ1) is 17.9. The third kappa shape index (κ3) is 2.89. The average Bonchev–Trinajstić information content (AvgIpc) is 2.95. The van der Waals surface area contributed by atoms with Crippen LogP contribution in [0.5, 0.6) is 0 Å². The van der Waals surface area contributed by atoms with Crippen molar-refractivity contribution in [3.8, 4) is 0 Å².